The van der Waals surface area contributed by atoms with Crippen LogP contribution in [0.1, 0.15) is 98.7 Å². The summed E-state index contributed by atoms with van der Waals surface area (Å²) < 4.78 is 21.7. The molecule has 1 unspecified atom stereocenters. The first-order valence-corrected chi connectivity index (χ1v) is 29.5. The Balaban J connectivity index is 1.06. The molecule has 0 radical (unpaired) electrons. The van der Waals surface area contributed by atoms with Crippen LogP contribution in [0.4, 0.5) is 28.4 Å². The summed E-state index contributed by atoms with van der Waals surface area (Å²) in [5.41, 5.74) is 18.9. The summed E-state index contributed by atoms with van der Waals surface area (Å²) in [6.07, 6.45) is 5.34. The summed E-state index contributed by atoms with van der Waals surface area (Å²) in [5, 5.41) is 7.61. The lowest BCUT2D eigenvalue weighted by atomic mass is 9.67. The summed E-state index contributed by atoms with van der Waals surface area (Å²) in [7, 11) is 0. The smallest absolute Gasteiger partial charge is 0.159 e. The van der Waals surface area contributed by atoms with E-state index in [4.69, 9.17) is 13.3 Å². The highest BCUT2D eigenvalue weighted by atomic mass is 16.3. The highest BCUT2D eigenvalue weighted by Gasteiger charge is 2.50. The maximum Gasteiger partial charge on any atom is 0.159 e. The maximum absolute atomic E-state index is 7.60. The number of hydrogen-bond acceptors (Lipinski definition) is 5. The molecule has 14 aromatic rings. The molecule has 1 atom stereocenters. The second-order valence-electron chi connectivity index (χ2n) is 25.0. The van der Waals surface area contributed by atoms with Crippen molar-refractivity contribution < 1.29 is 13.3 Å². The molecule has 0 amide bonds. The van der Waals surface area contributed by atoms with Gasteiger partial charge in [-0.15, -0.1) is 0 Å². The molecule has 3 aromatic heterocycles. The third kappa shape index (κ3) is 7.40. The van der Waals surface area contributed by atoms with Gasteiger partial charge in [-0.1, -0.05) is 230 Å². The highest BCUT2D eigenvalue weighted by molar-refractivity contribution is 6.23. The number of furan rings is 3. The summed E-state index contributed by atoms with van der Waals surface area (Å²) in [4.78, 5) is 5.03. The number of nitrogens with zero attached hydrogens (tertiary/aromatic N) is 2. The van der Waals surface area contributed by atoms with Gasteiger partial charge in [0.25, 0.3) is 0 Å². The number of rotatable bonds is 8. The van der Waals surface area contributed by atoms with E-state index in [2.05, 4.69) is 300 Å². The van der Waals surface area contributed by atoms with E-state index in [1.807, 2.05) is 0 Å². The maximum atomic E-state index is 7.60. The lowest BCUT2D eigenvalue weighted by molar-refractivity contribution is 0.489. The topological polar surface area (TPSA) is 45.9 Å². The summed E-state index contributed by atoms with van der Waals surface area (Å²) >= 11 is 0. The average Bonchev–Trinajstić information content (AvgIpc) is 1.59. The molecular weight excluding hydrogens is 1020 g/mol. The lowest BCUT2D eigenvalue weighted by Crippen LogP contribution is -2.30. The van der Waals surface area contributed by atoms with Crippen LogP contribution < -0.4 is 9.80 Å². The van der Waals surface area contributed by atoms with Crippen molar-refractivity contribution in [2.45, 2.75) is 70.3 Å². The number of hydrogen-bond donors (Lipinski definition) is 0. The minimum atomic E-state index is -0.889. The minimum Gasteiger partial charge on any atom is -0.458 e. The number of anilines is 5. The lowest BCUT2D eigenvalue weighted by Gasteiger charge is -2.38. The molecule has 0 aliphatic heterocycles. The Morgan fingerprint density at radius 2 is 0.905 bits per heavy atom. The quantitative estimate of drug-likeness (QED) is 0.152. The monoisotopic (exact) mass is 1090 g/mol. The second kappa shape index (κ2) is 18.6. The van der Waals surface area contributed by atoms with Crippen LogP contribution in [0, 0.1) is 0 Å². The molecule has 0 N–H and O–H groups in total. The molecular formula is C79H62N2O3. The Bertz CT molecular complexity index is 4910. The van der Waals surface area contributed by atoms with E-state index in [0.29, 0.717) is 0 Å². The molecule has 406 valence electrons. The number of fused-ring (bicyclic) bond motifs is 15. The van der Waals surface area contributed by atoms with Gasteiger partial charge in [-0.05, 0) is 122 Å². The van der Waals surface area contributed by atoms with Crippen molar-refractivity contribution in [1.82, 2.24) is 0 Å². The predicted octanol–water partition coefficient (Wildman–Crippen LogP) is 22.1. The fraction of sp³-hybridized carbons (Fsp3) is 0.139. The molecule has 11 aromatic carbocycles. The van der Waals surface area contributed by atoms with Gasteiger partial charge in [0.2, 0.25) is 0 Å². The predicted molar refractivity (Wildman–Crippen MR) is 349 cm³/mol. The van der Waals surface area contributed by atoms with Crippen molar-refractivity contribution in [3.8, 4) is 11.1 Å². The van der Waals surface area contributed by atoms with Crippen LogP contribution in [0.2, 0.25) is 0 Å². The van der Waals surface area contributed by atoms with Crippen LogP contribution in [-0.4, -0.2) is 0 Å². The van der Waals surface area contributed by atoms with Gasteiger partial charge in [0.15, 0.2) is 5.58 Å². The molecule has 0 spiro atoms. The molecule has 5 heteroatoms. The van der Waals surface area contributed by atoms with E-state index in [0.717, 1.165) is 140 Å². The van der Waals surface area contributed by atoms with Gasteiger partial charge in [0.1, 0.15) is 28.1 Å². The van der Waals surface area contributed by atoms with E-state index in [9.17, 15) is 0 Å². The van der Waals surface area contributed by atoms with Gasteiger partial charge >= 0.3 is 0 Å². The molecule has 2 aliphatic carbocycles. The number of benzene rings is 11. The Labute approximate surface area is 489 Å². The third-order valence-corrected chi connectivity index (χ3v) is 18.2. The van der Waals surface area contributed by atoms with Crippen LogP contribution in [0.3, 0.4) is 0 Å². The van der Waals surface area contributed by atoms with Crippen molar-refractivity contribution >= 4 is 100 Å². The first-order valence-electron chi connectivity index (χ1n) is 29.5. The van der Waals surface area contributed by atoms with Crippen LogP contribution in [0.25, 0.3) is 82.8 Å². The molecule has 2 aliphatic rings. The Morgan fingerprint density at radius 3 is 1.55 bits per heavy atom. The normalized spacial score (nSPS) is 14.7. The van der Waals surface area contributed by atoms with Crippen molar-refractivity contribution in [1.29, 1.82) is 0 Å². The van der Waals surface area contributed by atoms with Crippen LogP contribution in [0.5, 0.6) is 0 Å². The average molecular weight is 1090 g/mol. The van der Waals surface area contributed by atoms with Gasteiger partial charge in [-0.2, -0.15) is 0 Å². The summed E-state index contributed by atoms with van der Waals surface area (Å²) in [6.45, 7) is 13.7. The van der Waals surface area contributed by atoms with Crippen molar-refractivity contribution in [3.05, 3.63) is 287 Å². The molecule has 16 rings (SSSR count). The minimum absolute atomic E-state index is 0.0370. The Morgan fingerprint density at radius 1 is 0.405 bits per heavy atom. The second-order valence-corrected chi connectivity index (χ2v) is 25.0. The molecule has 0 fully saturated rings. The van der Waals surface area contributed by atoms with Gasteiger partial charge in [0.05, 0.1) is 33.9 Å². The third-order valence-electron chi connectivity index (χ3n) is 18.2. The van der Waals surface area contributed by atoms with E-state index in [1.165, 1.54) is 16.7 Å². The fourth-order valence-electron chi connectivity index (χ4n) is 14.2. The standard InChI is InChI=1S/C79H62N2O3/c1-77(2,3)49-39-43-53(44-40-49)80(64-34-21-32-59-56-28-15-18-36-68(56)82-74(59)64)66-47-62-71(58-30-14-13-27-55(58)66)73-63(79(62,51-23-9-7-10-24-51)52-25-11-8-12-26-52)48-67(72-61-31-17-20-38-70(61)84-76(72)73)81(54-45-41-50(42-46-54)78(4,5)6)65-35-22-33-60-57-29-16-19-37-69(57)83-75(60)65/h7-33,35-48,64H,34H2,1-6H3. The van der Waals surface area contributed by atoms with Gasteiger partial charge < -0.3 is 23.1 Å². The van der Waals surface area contributed by atoms with E-state index in [-0.39, 0.29) is 16.9 Å². The zero-order valence-corrected chi connectivity index (χ0v) is 48.1. The van der Waals surface area contributed by atoms with Crippen molar-refractivity contribution in [2.24, 2.45) is 0 Å². The van der Waals surface area contributed by atoms with Crippen molar-refractivity contribution in [2.75, 3.05) is 9.80 Å². The van der Waals surface area contributed by atoms with E-state index < -0.39 is 5.41 Å². The van der Waals surface area contributed by atoms with Crippen LogP contribution in [0.15, 0.2) is 256 Å². The Kier molecular flexibility index (Phi) is 11.0. The summed E-state index contributed by atoms with van der Waals surface area (Å²) in [6, 6.07) is 86.8. The Hall–Kier alpha value is -9.84. The van der Waals surface area contributed by atoms with E-state index >= 15 is 0 Å². The fourth-order valence-corrected chi connectivity index (χ4v) is 14.2. The first-order chi connectivity index (χ1) is 40.9. The largest absolute Gasteiger partial charge is 0.458 e. The molecule has 5 nitrogen and oxygen atoms in total. The molecule has 0 saturated carbocycles. The highest BCUT2D eigenvalue weighted by Crippen LogP contribution is 2.64. The zero-order chi connectivity index (χ0) is 56.6. The zero-order valence-electron chi connectivity index (χ0n) is 48.1. The molecule has 0 bridgehead atoms. The van der Waals surface area contributed by atoms with Gasteiger partial charge in [-0.3, -0.25) is 0 Å². The molecule has 84 heavy (non-hydrogen) atoms. The first kappa shape index (κ1) is 49.9. The van der Waals surface area contributed by atoms with E-state index in [1.54, 1.807) is 0 Å². The van der Waals surface area contributed by atoms with Crippen LogP contribution in [-0.2, 0) is 16.2 Å². The molecule has 0 saturated heterocycles. The van der Waals surface area contributed by atoms with Gasteiger partial charge in [0, 0.05) is 49.4 Å². The van der Waals surface area contributed by atoms with Gasteiger partial charge in [-0.25, -0.2) is 0 Å². The molecule has 3 heterocycles. The summed E-state index contributed by atoms with van der Waals surface area (Å²) in [5.74, 6) is 0.965. The number of para-hydroxylation sites is 4. The SMILES string of the molecule is CC(C)(C)c1ccc(N(c2cccc3c2oc2ccccc23)c2cc3c(c4oc5ccccc5c24)-c2c(cc(N(c4ccc(C(C)(C)C)cc4)C4CC=Cc5c4oc4ccccc54)c4ccccc24)C3(c2ccccc2)c2ccccc2)cc1. The van der Waals surface area contributed by atoms with Crippen molar-refractivity contribution in [3.63, 3.8) is 0 Å². The van der Waals surface area contributed by atoms with Crippen LogP contribution >= 0.6 is 0 Å².